The molecule has 0 atom stereocenters. The van der Waals surface area contributed by atoms with Crippen molar-refractivity contribution in [1.29, 1.82) is 0 Å². The van der Waals surface area contributed by atoms with E-state index in [1.54, 1.807) is 25.7 Å². The van der Waals surface area contributed by atoms with Gasteiger partial charge in [0.15, 0.2) is 0 Å². The molecular weight excluding hydrogens is 466 g/mol. The van der Waals surface area contributed by atoms with Crippen LogP contribution in [0.4, 0.5) is 0 Å². The highest BCUT2D eigenvalue weighted by atomic mass is 16.5. The number of hydrogen-bond acceptors (Lipinski definition) is 5. The zero-order chi connectivity index (χ0) is 25.6. The number of hydrogen-bond donors (Lipinski definition) is 2. The van der Waals surface area contributed by atoms with E-state index in [2.05, 4.69) is 20.3 Å². The van der Waals surface area contributed by atoms with Gasteiger partial charge in [0.25, 0.3) is 5.56 Å². The van der Waals surface area contributed by atoms with Crippen molar-refractivity contribution < 1.29 is 9.53 Å². The van der Waals surface area contributed by atoms with Crippen LogP contribution in [-0.4, -0.2) is 32.5 Å². The Kier molecular flexibility index (Phi) is 7.07. The number of H-pyrrole nitrogens is 1. The number of nitrogens with one attached hydrogen (secondary N) is 2. The predicted molar refractivity (Wildman–Crippen MR) is 142 cm³/mol. The van der Waals surface area contributed by atoms with Crippen LogP contribution in [0.15, 0.2) is 90.1 Å². The smallest absolute Gasteiger partial charge is 0.273 e. The molecule has 0 radical (unpaired) electrons. The number of ether oxygens (including phenoxy) is 1. The second-order valence-electron chi connectivity index (χ2n) is 8.73. The Morgan fingerprint density at radius 2 is 1.89 bits per heavy atom. The molecule has 3 aromatic heterocycles. The van der Waals surface area contributed by atoms with Crippen molar-refractivity contribution >= 4 is 16.8 Å². The third-order valence-corrected chi connectivity index (χ3v) is 6.23. The van der Waals surface area contributed by atoms with Crippen LogP contribution in [0.2, 0.25) is 0 Å². The summed E-state index contributed by atoms with van der Waals surface area (Å²) in [5.74, 6) is 0.506. The number of fused-ring (bicyclic) bond motifs is 1. The van der Waals surface area contributed by atoms with Crippen molar-refractivity contribution in [2.24, 2.45) is 0 Å². The van der Waals surface area contributed by atoms with Gasteiger partial charge in [0.1, 0.15) is 18.0 Å². The molecule has 2 N–H and O–H groups in total. The lowest BCUT2D eigenvalue weighted by Crippen LogP contribution is -2.34. The van der Waals surface area contributed by atoms with Crippen molar-refractivity contribution in [3.8, 4) is 17.0 Å². The Bertz CT molecular complexity index is 1560. The van der Waals surface area contributed by atoms with Crippen LogP contribution in [-0.2, 0) is 30.7 Å². The highest BCUT2D eigenvalue weighted by Crippen LogP contribution is 2.18. The molecule has 5 aromatic rings. The van der Waals surface area contributed by atoms with Crippen molar-refractivity contribution in [3.05, 3.63) is 113 Å². The van der Waals surface area contributed by atoms with Gasteiger partial charge in [0.2, 0.25) is 5.91 Å². The van der Waals surface area contributed by atoms with E-state index < -0.39 is 0 Å². The Morgan fingerprint density at radius 1 is 1.03 bits per heavy atom. The Hall–Kier alpha value is -4.72. The first-order valence-electron chi connectivity index (χ1n) is 12.1. The van der Waals surface area contributed by atoms with E-state index in [1.807, 2.05) is 66.7 Å². The molecule has 3 heterocycles. The van der Waals surface area contributed by atoms with Gasteiger partial charge >= 0.3 is 0 Å². The second-order valence-corrected chi connectivity index (χ2v) is 8.73. The maximum absolute atomic E-state index is 13.5. The van der Waals surface area contributed by atoms with Gasteiger partial charge in [-0.3, -0.25) is 24.1 Å². The zero-order valence-corrected chi connectivity index (χ0v) is 20.5. The van der Waals surface area contributed by atoms with Gasteiger partial charge < -0.3 is 15.0 Å². The predicted octanol–water partition coefficient (Wildman–Crippen LogP) is 3.90. The normalized spacial score (nSPS) is 10.9. The number of aromatic amines is 1. The highest BCUT2D eigenvalue weighted by Gasteiger charge is 2.15. The highest BCUT2D eigenvalue weighted by molar-refractivity contribution is 5.80. The van der Waals surface area contributed by atoms with Crippen LogP contribution in [0.3, 0.4) is 0 Å². The summed E-state index contributed by atoms with van der Waals surface area (Å²) in [6.07, 6.45) is 6.24. The Morgan fingerprint density at radius 3 is 2.70 bits per heavy atom. The topological polar surface area (TPSA) is 102 Å². The summed E-state index contributed by atoms with van der Waals surface area (Å²) in [6, 6.07) is 21.1. The number of carbonyl (C=O) groups excluding carboxylic acids is 1. The Balaban J connectivity index is 1.37. The number of pyridine rings is 1. The minimum Gasteiger partial charge on any atom is -0.497 e. The molecule has 1 amide bonds. The van der Waals surface area contributed by atoms with Crippen LogP contribution in [0.1, 0.15) is 17.0 Å². The molecule has 0 aliphatic carbocycles. The van der Waals surface area contributed by atoms with E-state index in [-0.39, 0.29) is 18.0 Å². The summed E-state index contributed by atoms with van der Waals surface area (Å²) < 4.78 is 6.81. The number of rotatable bonds is 9. The summed E-state index contributed by atoms with van der Waals surface area (Å²) in [4.78, 5) is 38.4. The van der Waals surface area contributed by atoms with Gasteiger partial charge in [-0.05, 0) is 48.2 Å². The number of aryl methyl sites for hydroxylation is 2. The molecule has 8 heteroatoms. The van der Waals surface area contributed by atoms with Crippen LogP contribution in [0, 0.1) is 0 Å². The van der Waals surface area contributed by atoms with Gasteiger partial charge in [-0.2, -0.15) is 0 Å². The summed E-state index contributed by atoms with van der Waals surface area (Å²) in [7, 11) is 1.63. The minimum atomic E-state index is -0.268. The largest absolute Gasteiger partial charge is 0.497 e. The molecule has 0 saturated heterocycles. The first-order chi connectivity index (χ1) is 18.1. The minimum absolute atomic E-state index is 0.112. The van der Waals surface area contributed by atoms with E-state index in [9.17, 15) is 9.59 Å². The van der Waals surface area contributed by atoms with E-state index in [4.69, 9.17) is 4.74 Å². The van der Waals surface area contributed by atoms with Crippen LogP contribution in [0.25, 0.3) is 22.2 Å². The monoisotopic (exact) mass is 493 g/mol. The number of aromatic nitrogens is 4. The maximum atomic E-state index is 13.5. The summed E-state index contributed by atoms with van der Waals surface area (Å²) in [5.41, 5.74) is 4.43. The fourth-order valence-corrected chi connectivity index (χ4v) is 4.31. The van der Waals surface area contributed by atoms with Gasteiger partial charge in [-0.15, -0.1) is 0 Å². The van der Waals surface area contributed by atoms with E-state index in [1.165, 1.54) is 4.57 Å². The Labute approximate surface area is 214 Å². The quantitative estimate of drug-likeness (QED) is 0.324. The molecule has 8 nitrogen and oxygen atoms in total. The van der Waals surface area contributed by atoms with E-state index in [0.717, 1.165) is 33.5 Å². The molecule has 2 aromatic carbocycles. The van der Waals surface area contributed by atoms with Gasteiger partial charge in [-0.1, -0.05) is 42.5 Å². The van der Waals surface area contributed by atoms with Gasteiger partial charge in [-0.25, -0.2) is 0 Å². The lowest BCUT2D eigenvalue weighted by molar-refractivity contribution is -0.121. The molecule has 0 bridgehead atoms. The van der Waals surface area contributed by atoms with Crippen LogP contribution in [0.5, 0.6) is 5.75 Å². The van der Waals surface area contributed by atoms with Crippen molar-refractivity contribution in [2.75, 3.05) is 7.11 Å². The number of amides is 1. The molecular formula is C29H27N5O3. The van der Waals surface area contributed by atoms with Crippen molar-refractivity contribution in [2.45, 2.75) is 25.9 Å². The van der Waals surface area contributed by atoms with E-state index in [0.29, 0.717) is 30.8 Å². The molecule has 5 rings (SSSR count). The summed E-state index contributed by atoms with van der Waals surface area (Å²) >= 11 is 0. The molecule has 0 saturated carbocycles. The van der Waals surface area contributed by atoms with Crippen LogP contribution < -0.4 is 15.6 Å². The number of carbonyl (C=O) groups is 1. The second kappa shape index (κ2) is 10.9. The lowest BCUT2D eigenvalue weighted by Gasteiger charge is -2.14. The lowest BCUT2D eigenvalue weighted by atomic mass is 10.1. The van der Waals surface area contributed by atoms with Crippen molar-refractivity contribution in [1.82, 2.24) is 24.8 Å². The molecule has 0 spiro atoms. The van der Waals surface area contributed by atoms with E-state index >= 15 is 0 Å². The third kappa shape index (κ3) is 5.59. The van der Waals surface area contributed by atoms with Crippen LogP contribution >= 0.6 is 0 Å². The molecule has 0 aliphatic rings. The fourth-order valence-electron chi connectivity index (χ4n) is 4.31. The third-order valence-electron chi connectivity index (χ3n) is 6.23. The number of nitrogens with zero attached hydrogens (tertiary/aromatic N) is 3. The SMILES string of the molecule is COc1cccc(CCc2ncc(-c3ccccc3)n(CC(=O)NCc3cc4cnccc4[nH]3)c2=O)c1. The van der Waals surface area contributed by atoms with Gasteiger partial charge in [0.05, 0.1) is 25.5 Å². The van der Waals surface area contributed by atoms with Crippen molar-refractivity contribution in [3.63, 3.8) is 0 Å². The maximum Gasteiger partial charge on any atom is 0.273 e. The molecule has 0 aliphatic heterocycles. The fraction of sp³-hybridized carbons (Fsp3) is 0.172. The molecule has 37 heavy (non-hydrogen) atoms. The first-order valence-corrected chi connectivity index (χ1v) is 12.1. The first kappa shape index (κ1) is 24.0. The molecule has 0 fully saturated rings. The molecule has 0 unspecified atom stereocenters. The summed E-state index contributed by atoms with van der Waals surface area (Å²) in [6.45, 7) is 0.205. The number of benzene rings is 2. The average molecular weight is 494 g/mol. The summed E-state index contributed by atoms with van der Waals surface area (Å²) in [5, 5.41) is 3.90. The number of methoxy groups -OCH3 is 1. The van der Waals surface area contributed by atoms with Gasteiger partial charge in [0, 0.05) is 29.0 Å². The zero-order valence-electron chi connectivity index (χ0n) is 20.5. The standard InChI is InChI=1S/C29H27N5O3/c1-37-24-9-5-6-20(14-24)10-11-26-29(36)34(27(18-31-26)21-7-3-2-4-8-21)19-28(35)32-17-23-15-22-16-30-13-12-25(22)33-23/h2-9,12-16,18,33H,10-11,17,19H2,1H3,(H,32,35). The average Bonchev–Trinajstić information content (AvgIpc) is 3.36. The molecule has 186 valence electrons.